The molecule has 1 fully saturated rings. The molecular weight excluding hydrogens is 426 g/mol. The summed E-state index contributed by atoms with van der Waals surface area (Å²) in [5, 5.41) is 3.38. The third-order valence-corrected chi connectivity index (χ3v) is 5.84. The van der Waals surface area contributed by atoms with E-state index in [2.05, 4.69) is 23.5 Å². The summed E-state index contributed by atoms with van der Waals surface area (Å²) >= 11 is 0. The lowest BCUT2D eigenvalue weighted by Gasteiger charge is -2.22. The number of benzene rings is 2. The van der Waals surface area contributed by atoms with Crippen molar-refractivity contribution in [3.63, 3.8) is 0 Å². The standard InChI is InChI=1S/C25H31N3O3.ClH/c1-18(2)17-31-24(29)10-5-19-3-7-22(8-4-19)27-13-14-28(25(27)30)23-9-6-21-16-26-12-11-20(21)15-23;/h3-4,6-9,15,18,26H,5,10-14,16-17H2,1-2H3;1H. The summed E-state index contributed by atoms with van der Waals surface area (Å²) < 4.78 is 5.23. The van der Waals surface area contributed by atoms with Crippen LogP contribution in [0.1, 0.15) is 37.0 Å². The van der Waals surface area contributed by atoms with Crippen LogP contribution in [0.5, 0.6) is 0 Å². The molecular formula is C25H32ClN3O3. The molecule has 0 aromatic heterocycles. The third kappa shape index (κ3) is 5.61. The van der Waals surface area contributed by atoms with Gasteiger partial charge in [0.15, 0.2) is 0 Å². The number of hydrogen-bond donors (Lipinski definition) is 1. The van der Waals surface area contributed by atoms with E-state index in [1.165, 1.54) is 11.1 Å². The number of ether oxygens (including phenoxy) is 1. The Kier molecular flexibility index (Phi) is 8.15. The highest BCUT2D eigenvalue weighted by Gasteiger charge is 2.31. The van der Waals surface area contributed by atoms with Gasteiger partial charge >= 0.3 is 12.0 Å². The maximum atomic E-state index is 13.1. The van der Waals surface area contributed by atoms with Gasteiger partial charge in [0.05, 0.1) is 6.61 Å². The molecule has 2 aromatic rings. The Labute approximate surface area is 196 Å². The lowest BCUT2D eigenvalue weighted by atomic mass is 10.0. The molecule has 2 heterocycles. The summed E-state index contributed by atoms with van der Waals surface area (Å²) in [5.74, 6) is 0.183. The van der Waals surface area contributed by atoms with Crippen molar-refractivity contribution in [3.8, 4) is 0 Å². The van der Waals surface area contributed by atoms with E-state index in [-0.39, 0.29) is 24.4 Å². The van der Waals surface area contributed by atoms with Crippen molar-refractivity contribution in [2.24, 2.45) is 5.92 Å². The molecule has 0 atom stereocenters. The van der Waals surface area contributed by atoms with Crippen molar-refractivity contribution in [2.45, 2.75) is 39.7 Å². The minimum absolute atomic E-state index is 0. The molecule has 0 aliphatic carbocycles. The maximum absolute atomic E-state index is 13.1. The molecule has 2 aliphatic heterocycles. The van der Waals surface area contributed by atoms with E-state index < -0.39 is 0 Å². The summed E-state index contributed by atoms with van der Waals surface area (Å²) in [4.78, 5) is 28.6. The van der Waals surface area contributed by atoms with Gasteiger partial charge in [-0.15, -0.1) is 12.4 Å². The number of aryl methyl sites for hydroxylation is 1. The second kappa shape index (κ2) is 10.8. The molecule has 2 amide bonds. The van der Waals surface area contributed by atoms with Crippen molar-refractivity contribution in [1.29, 1.82) is 0 Å². The monoisotopic (exact) mass is 457 g/mol. The minimum atomic E-state index is -0.163. The van der Waals surface area contributed by atoms with E-state index in [0.717, 1.165) is 36.4 Å². The smallest absolute Gasteiger partial charge is 0.329 e. The Bertz CT molecular complexity index is 946. The Hall–Kier alpha value is -2.57. The number of amides is 2. The van der Waals surface area contributed by atoms with Crippen LogP contribution in [0, 0.1) is 5.92 Å². The maximum Gasteiger partial charge on any atom is 0.329 e. The first kappa shape index (κ1) is 24.1. The lowest BCUT2D eigenvalue weighted by molar-refractivity contribution is -0.144. The Morgan fingerprint density at radius 3 is 2.44 bits per heavy atom. The molecule has 7 heteroatoms. The topological polar surface area (TPSA) is 61.9 Å². The Morgan fingerprint density at radius 1 is 1.03 bits per heavy atom. The molecule has 172 valence electrons. The molecule has 0 spiro atoms. The summed E-state index contributed by atoms with van der Waals surface area (Å²) in [6.45, 7) is 7.74. The number of anilines is 2. The predicted octanol–water partition coefficient (Wildman–Crippen LogP) is 4.33. The SMILES string of the molecule is CC(C)COC(=O)CCc1ccc(N2CCN(c3ccc4c(c3)CCNC4)C2=O)cc1.Cl. The molecule has 0 unspecified atom stereocenters. The van der Waals surface area contributed by atoms with Gasteiger partial charge in [0.2, 0.25) is 0 Å². The van der Waals surface area contributed by atoms with Crippen molar-refractivity contribution in [2.75, 3.05) is 36.0 Å². The molecule has 2 aromatic carbocycles. The normalized spacial score (nSPS) is 15.5. The van der Waals surface area contributed by atoms with Crippen molar-refractivity contribution < 1.29 is 14.3 Å². The predicted molar refractivity (Wildman–Crippen MR) is 130 cm³/mol. The molecule has 0 saturated carbocycles. The van der Waals surface area contributed by atoms with Gasteiger partial charge in [0.1, 0.15) is 0 Å². The summed E-state index contributed by atoms with van der Waals surface area (Å²) in [6.07, 6.45) is 2.01. The molecule has 1 saturated heterocycles. The summed E-state index contributed by atoms with van der Waals surface area (Å²) in [7, 11) is 0. The highest BCUT2D eigenvalue weighted by atomic mass is 35.5. The first-order chi connectivity index (χ1) is 15.0. The molecule has 0 radical (unpaired) electrons. The first-order valence-corrected chi connectivity index (χ1v) is 11.2. The Morgan fingerprint density at radius 2 is 1.72 bits per heavy atom. The van der Waals surface area contributed by atoms with Crippen LogP contribution >= 0.6 is 12.4 Å². The molecule has 4 rings (SSSR count). The number of carbonyl (C=O) groups excluding carboxylic acids is 2. The van der Waals surface area contributed by atoms with Crippen LogP contribution in [-0.2, 0) is 28.9 Å². The van der Waals surface area contributed by atoms with E-state index in [0.29, 0.717) is 38.5 Å². The number of urea groups is 1. The number of carbonyl (C=O) groups is 2. The van der Waals surface area contributed by atoms with E-state index in [1.807, 2.05) is 47.9 Å². The highest BCUT2D eigenvalue weighted by Crippen LogP contribution is 2.28. The number of rotatable bonds is 7. The van der Waals surface area contributed by atoms with Gasteiger partial charge in [-0.3, -0.25) is 14.6 Å². The van der Waals surface area contributed by atoms with E-state index in [4.69, 9.17) is 4.74 Å². The summed E-state index contributed by atoms with van der Waals surface area (Å²) in [5.41, 5.74) is 5.59. The van der Waals surface area contributed by atoms with Gasteiger partial charge in [0, 0.05) is 37.4 Å². The molecule has 1 N–H and O–H groups in total. The van der Waals surface area contributed by atoms with Crippen LogP contribution < -0.4 is 15.1 Å². The largest absolute Gasteiger partial charge is 0.465 e. The van der Waals surface area contributed by atoms with Crippen LogP contribution in [-0.4, -0.2) is 38.2 Å². The average molecular weight is 458 g/mol. The van der Waals surface area contributed by atoms with E-state index in [1.54, 1.807) is 0 Å². The van der Waals surface area contributed by atoms with Crippen LogP contribution in [0.25, 0.3) is 0 Å². The van der Waals surface area contributed by atoms with Gasteiger partial charge in [0.25, 0.3) is 0 Å². The van der Waals surface area contributed by atoms with Gasteiger partial charge in [-0.05, 0) is 66.3 Å². The lowest BCUT2D eigenvalue weighted by Crippen LogP contribution is -2.32. The fourth-order valence-electron chi connectivity index (χ4n) is 4.07. The highest BCUT2D eigenvalue weighted by molar-refractivity contribution is 6.06. The van der Waals surface area contributed by atoms with Crippen molar-refractivity contribution in [1.82, 2.24) is 5.32 Å². The Balaban J connectivity index is 0.00000289. The molecule has 2 aliphatic rings. The van der Waals surface area contributed by atoms with Gasteiger partial charge in [-0.25, -0.2) is 4.79 Å². The quantitative estimate of drug-likeness (QED) is 0.628. The number of hydrogen-bond acceptors (Lipinski definition) is 4. The molecule has 32 heavy (non-hydrogen) atoms. The zero-order chi connectivity index (χ0) is 21.8. The van der Waals surface area contributed by atoms with Crippen molar-refractivity contribution >= 4 is 35.8 Å². The third-order valence-electron chi connectivity index (χ3n) is 5.84. The van der Waals surface area contributed by atoms with E-state index >= 15 is 0 Å². The fraction of sp³-hybridized carbons (Fsp3) is 0.440. The number of halogens is 1. The number of esters is 1. The van der Waals surface area contributed by atoms with Crippen molar-refractivity contribution in [3.05, 3.63) is 59.2 Å². The fourth-order valence-corrected chi connectivity index (χ4v) is 4.07. The van der Waals surface area contributed by atoms with Crippen LogP contribution in [0.3, 0.4) is 0 Å². The first-order valence-electron chi connectivity index (χ1n) is 11.2. The zero-order valence-corrected chi connectivity index (χ0v) is 19.6. The van der Waals surface area contributed by atoms with Crippen LogP contribution in [0.4, 0.5) is 16.2 Å². The number of fused-ring (bicyclic) bond motifs is 1. The minimum Gasteiger partial charge on any atom is -0.465 e. The van der Waals surface area contributed by atoms with Crippen LogP contribution in [0.2, 0.25) is 0 Å². The van der Waals surface area contributed by atoms with Crippen LogP contribution in [0.15, 0.2) is 42.5 Å². The van der Waals surface area contributed by atoms with E-state index in [9.17, 15) is 9.59 Å². The second-order valence-electron chi connectivity index (χ2n) is 8.71. The average Bonchev–Trinajstić information content (AvgIpc) is 3.17. The van der Waals surface area contributed by atoms with Gasteiger partial charge in [-0.2, -0.15) is 0 Å². The number of nitrogens with one attached hydrogen (secondary N) is 1. The molecule has 6 nitrogen and oxygen atoms in total. The van der Waals surface area contributed by atoms with Gasteiger partial charge < -0.3 is 10.1 Å². The zero-order valence-electron chi connectivity index (χ0n) is 18.8. The molecule has 0 bridgehead atoms. The van der Waals surface area contributed by atoms with Gasteiger partial charge in [-0.1, -0.05) is 32.0 Å². The number of nitrogens with zero attached hydrogens (tertiary/aromatic N) is 2. The second-order valence-corrected chi connectivity index (χ2v) is 8.71. The summed E-state index contributed by atoms with van der Waals surface area (Å²) in [6, 6.07) is 14.3.